The van der Waals surface area contributed by atoms with Crippen LogP contribution in [0.25, 0.3) is 0 Å². The average Bonchev–Trinajstić information content (AvgIpc) is 2.53. The third-order valence-electron chi connectivity index (χ3n) is 4.65. The number of benzene rings is 1. The topological polar surface area (TPSA) is 18.5 Å². The van der Waals surface area contributed by atoms with Gasteiger partial charge in [0.2, 0.25) is 0 Å². The molecule has 0 aromatic heterocycles. The Morgan fingerprint density at radius 3 is 2.35 bits per heavy atom. The van der Waals surface area contributed by atoms with Crippen LogP contribution in [0.5, 0.6) is 0 Å². The molecule has 0 saturated carbocycles. The molecule has 1 aromatic carbocycles. The number of ether oxygens (including phenoxy) is 2. The van der Waals surface area contributed by atoms with Crippen molar-refractivity contribution in [1.82, 2.24) is 0 Å². The lowest BCUT2D eigenvalue weighted by Gasteiger charge is -2.41. The Bertz CT molecular complexity index is 380. The molecule has 2 rings (SSSR count). The molecule has 0 unspecified atom stereocenters. The summed E-state index contributed by atoms with van der Waals surface area (Å²) in [5.41, 5.74) is 1.53. The Kier molecular flexibility index (Phi) is 5.62. The molecule has 1 atom stereocenters. The summed E-state index contributed by atoms with van der Waals surface area (Å²) in [6.07, 6.45) is 4.76. The van der Waals surface area contributed by atoms with Gasteiger partial charge in [-0.25, -0.2) is 0 Å². The maximum atomic E-state index is 6.08. The highest BCUT2D eigenvalue weighted by Gasteiger charge is 2.36. The van der Waals surface area contributed by atoms with E-state index in [9.17, 15) is 0 Å². The van der Waals surface area contributed by atoms with Gasteiger partial charge in [0.25, 0.3) is 0 Å². The molecule has 1 aliphatic rings. The lowest BCUT2D eigenvalue weighted by Crippen LogP contribution is -2.43. The third kappa shape index (κ3) is 3.62. The molecular formula is C18H28O2. The van der Waals surface area contributed by atoms with Gasteiger partial charge in [-0.2, -0.15) is 0 Å². The molecule has 112 valence electrons. The summed E-state index contributed by atoms with van der Waals surface area (Å²) in [5.74, 6) is 0.289. The first-order valence-electron chi connectivity index (χ1n) is 7.99. The average molecular weight is 276 g/mol. The first-order valence-corrected chi connectivity index (χ1v) is 7.99. The number of hydrogen-bond acceptors (Lipinski definition) is 2. The highest BCUT2D eigenvalue weighted by atomic mass is 16.7. The van der Waals surface area contributed by atoms with Gasteiger partial charge in [-0.1, -0.05) is 63.9 Å². The molecule has 1 saturated heterocycles. The minimum absolute atomic E-state index is 0.0984. The van der Waals surface area contributed by atoms with Crippen molar-refractivity contribution in [3.8, 4) is 0 Å². The van der Waals surface area contributed by atoms with Gasteiger partial charge in [0, 0.05) is 11.3 Å². The van der Waals surface area contributed by atoms with Crippen molar-refractivity contribution in [2.75, 3.05) is 13.2 Å². The van der Waals surface area contributed by atoms with Crippen molar-refractivity contribution >= 4 is 0 Å². The molecule has 1 aliphatic heterocycles. The van der Waals surface area contributed by atoms with Gasteiger partial charge in [-0.05, 0) is 18.4 Å². The second-order valence-corrected chi connectivity index (χ2v) is 6.15. The van der Waals surface area contributed by atoms with E-state index in [1.165, 1.54) is 24.8 Å². The second-order valence-electron chi connectivity index (χ2n) is 6.15. The summed E-state index contributed by atoms with van der Waals surface area (Å²) in [6.45, 7) is 8.36. The smallest absolute Gasteiger partial charge is 0.164 e. The van der Waals surface area contributed by atoms with Gasteiger partial charge in [0.05, 0.1) is 13.2 Å². The van der Waals surface area contributed by atoms with Gasteiger partial charge in [0.15, 0.2) is 6.29 Å². The maximum Gasteiger partial charge on any atom is 0.164 e. The fourth-order valence-corrected chi connectivity index (χ4v) is 2.89. The van der Waals surface area contributed by atoms with E-state index >= 15 is 0 Å². The standard InChI is InChI=1S/C18H28O2/c1-4-6-12-18(5-2)13-19-17(20-14-18)15(3)16-10-8-7-9-11-16/h7-11,15,17H,4-6,12-14H2,1-3H3/t15-,17?,18?/m0/s1. The summed E-state index contributed by atoms with van der Waals surface area (Å²) in [6, 6.07) is 10.5. The normalized spacial score (nSPS) is 28.2. The van der Waals surface area contributed by atoms with Crippen molar-refractivity contribution in [2.45, 2.75) is 58.7 Å². The van der Waals surface area contributed by atoms with Crippen molar-refractivity contribution in [3.63, 3.8) is 0 Å². The molecule has 20 heavy (non-hydrogen) atoms. The lowest BCUT2D eigenvalue weighted by molar-refractivity contribution is -0.239. The number of hydrogen-bond donors (Lipinski definition) is 0. The molecule has 1 fully saturated rings. The zero-order valence-corrected chi connectivity index (χ0v) is 13.1. The number of rotatable bonds is 6. The fraction of sp³-hybridized carbons (Fsp3) is 0.667. The number of unbranched alkanes of at least 4 members (excludes halogenated alkanes) is 1. The SMILES string of the molecule is CCCCC1(CC)COC([C@@H](C)c2ccccc2)OC1. The van der Waals surface area contributed by atoms with E-state index in [2.05, 4.69) is 45.0 Å². The first-order chi connectivity index (χ1) is 9.71. The summed E-state index contributed by atoms with van der Waals surface area (Å²) >= 11 is 0. The van der Waals surface area contributed by atoms with E-state index in [0.29, 0.717) is 0 Å². The van der Waals surface area contributed by atoms with E-state index in [1.807, 2.05) is 6.07 Å². The van der Waals surface area contributed by atoms with E-state index in [0.717, 1.165) is 19.6 Å². The quantitative estimate of drug-likeness (QED) is 0.746. The molecule has 0 radical (unpaired) electrons. The van der Waals surface area contributed by atoms with Gasteiger partial charge >= 0.3 is 0 Å². The van der Waals surface area contributed by atoms with Gasteiger partial charge in [-0.3, -0.25) is 0 Å². The molecule has 0 aliphatic carbocycles. The second kappa shape index (κ2) is 7.24. The van der Waals surface area contributed by atoms with Crippen molar-refractivity contribution in [3.05, 3.63) is 35.9 Å². The zero-order chi connectivity index (χ0) is 14.4. The predicted octanol–water partition coefficient (Wildman–Crippen LogP) is 4.75. The van der Waals surface area contributed by atoms with E-state index in [1.54, 1.807) is 0 Å². The van der Waals surface area contributed by atoms with Crippen LogP contribution in [0, 0.1) is 5.41 Å². The Hall–Kier alpha value is -0.860. The fourth-order valence-electron chi connectivity index (χ4n) is 2.89. The van der Waals surface area contributed by atoms with Crippen LogP contribution in [0.4, 0.5) is 0 Å². The minimum Gasteiger partial charge on any atom is -0.351 e. The highest BCUT2D eigenvalue weighted by Crippen LogP contribution is 2.36. The highest BCUT2D eigenvalue weighted by molar-refractivity contribution is 5.19. The van der Waals surface area contributed by atoms with Gasteiger partial charge in [-0.15, -0.1) is 0 Å². The van der Waals surface area contributed by atoms with Crippen molar-refractivity contribution in [1.29, 1.82) is 0 Å². The monoisotopic (exact) mass is 276 g/mol. The lowest BCUT2D eigenvalue weighted by atomic mass is 9.81. The van der Waals surface area contributed by atoms with Crippen LogP contribution in [-0.4, -0.2) is 19.5 Å². The maximum absolute atomic E-state index is 6.08. The molecule has 1 heterocycles. The van der Waals surface area contributed by atoms with Crippen LogP contribution < -0.4 is 0 Å². The largest absolute Gasteiger partial charge is 0.351 e. The van der Waals surface area contributed by atoms with Crippen molar-refractivity contribution in [2.24, 2.45) is 5.41 Å². The van der Waals surface area contributed by atoms with Crippen LogP contribution in [-0.2, 0) is 9.47 Å². The Morgan fingerprint density at radius 2 is 1.80 bits per heavy atom. The minimum atomic E-state index is -0.0984. The zero-order valence-electron chi connectivity index (χ0n) is 13.1. The van der Waals surface area contributed by atoms with Crippen LogP contribution in [0.3, 0.4) is 0 Å². The summed E-state index contributed by atoms with van der Waals surface area (Å²) in [5, 5.41) is 0. The van der Waals surface area contributed by atoms with Gasteiger partial charge in [0.1, 0.15) is 0 Å². The van der Waals surface area contributed by atoms with Crippen molar-refractivity contribution < 1.29 is 9.47 Å². The molecule has 0 bridgehead atoms. The molecule has 2 nitrogen and oxygen atoms in total. The van der Waals surface area contributed by atoms with Crippen LogP contribution >= 0.6 is 0 Å². The molecule has 1 aromatic rings. The molecule has 2 heteroatoms. The van der Waals surface area contributed by atoms with E-state index in [4.69, 9.17) is 9.47 Å². The Morgan fingerprint density at radius 1 is 1.15 bits per heavy atom. The third-order valence-corrected chi connectivity index (χ3v) is 4.65. The summed E-state index contributed by atoms with van der Waals surface area (Å²) in [7, 11) is 0. The van der Waals surface area contributed by atoms with E-state index < -0.39 is 0 Å². The molecule has 0 spiro atoms. The summed E-state index contributed by atoms with van der Waals surface area (Å²) in [4.78, 5) is 0. The summed E-state index contributed by atoms with van der Waals surface area (Å²) < 4.78 is 12.2. The van der Waals surface area contributed by atoms with E-state index in [-0.39, 0.29) is 17.6 Å². The predicted molar refractivity (Wildman–Crippen MR) is 82.8 cm³/mol. The molecular weight excluding hydrogens is 248 g/mol. The van der Waals surface area contributed by atoms with Gasteiger partial charge < -0.3 is 9.47 Å². The Labute approximate surface area is 123 Å². The van der Waals surface area contributed by atoms with Crippen LogP contribution in [0.1, 0.15) is 57.9 Å². The molecule has 0 amide bonds. The molecule has 0 N–H and O–H groups in total. The van der Waals surface area contributed by atoms with Crippen LogP contribution in [0.2, 0.25) is 0 Å². The van der Waals surface area contributed by atoms with Crippen LogP contribution in [0.15, 0.2) is 30.3 Å². The Balaban J connectivity index is 1.93. The first kappa shape index (κ1) is 15.5.